The Labute approximate surface area is 55.0 Å². The largest absolute Gasteiger partial charge is 0.369 e. The minimum atomic E-state index is -0.299. The Bertz CT molecular complexity index is 105. The van der Waals surface area contributed by atoms with Gasteiger partial charge in [-0.1, -0.05) is 0 Å². The van der Waals surface area contributed by atoms with Gasteiger partial charge in [-0.05, 0) is 0 Å². The maximum atomic E-state index is 10.2. The summed E-state index contributed by atoms with van der Waals surface area (Å²) in [6, 6.07) is 0. The second-order valence-corrected chi connectivity index (χ2v) is 2.72. The van der Waals surface area contributed by atoms with E-state index in [4.69, 9.17) is 11.6 Å². The van der Waals surface area contributed by atoms with Crippen molar-refractivity contribution in [3.63, 3.8) is 0 Å². The van der Waals surface area contributed by atoms with Gasteiger partial charge in [-0.15, -0.1) is 0 Å². The molecular weight excluding hydrogens is 118 g/mol. The monoisotopic (exact) mass is 132 g/mol. The molecule has 4 N–H and O–H groups in total. The molecule has 0 saturated heterocycles. The summed E-state index contributed by atoms with van der Waals surface area (Å²) in [4.78, 5) is 10.2. The highest BCUT2D eigenvalue weighted by Crippen LogP contribution is 1.87. The average molecular weight is 132 g/mol. The highest BCUT2D eigenvalue weighted by molar-refractivity contribution is 5.73. The van der Waals surface area contributed by atoms with Crippen molar-refractivity contribution < 1.29 is 9.39 Å². The Hall–Kier alpha value is -0.610. The van der Waals surface area contributed by atoms with Crippen LogP contribution in [0.2, 0.25) is 0 Å². The first-order valence-electron chi connectivity index (χ1n) is 2.82. The van der Waals surface area contributed by atoms with E-state index in [9.17, 15) is 4.79 Å². The van der Waals surface area contributed by atoms with E-state index in [2.05, 4.69) is 0 Å². The van der Waals surface area contributed by atoms with Crippen LogP contribution in [-0.4, -0.2) is 31.1 Å². The fraction of sp³-hybridized carbons (Fsp3) is 0.800. The molecule has 0 saturated carbocycles. The van der Waals surface area contributed by atoms with Crippen molar-refractivity contribution in [2.45, 2.75) is 6.42 Å². The second kappa shape index (κ2) is 2.80. The highest BCUT2D eigenvalue weighted by Gasteiger charge is 2.08. The maximum absolute atomic E-state index is 10.2. The van der Waals surface area contributed by atoms with Gasteiger partial charge >= 0.3 is 0 Å². The number of hydrogen-bond donors (Lipinski definition) is 2. The van der Waals surface area contributed by atoms with Gasteiger partial charge in [-0.3, -0.25) is 9.39 Å². The molecule has 0 aliphatic heterocycles. The normalized spacial score (nSPS) is 11.4. The molecule has 0 heterocycles. The van der Waals surface area contributed by atoms with E-state index >= 15 is 0 Å². The molecule has 0 unspecified atom stereocenters. The van der Waals surface area contributed by atoms with E-state index in [1.807, 2.05) is 14.1 Å². The van der Waals surface area contributed by atoms with Crippen molar-refractivity contribution in [2.24, 2.45) is 11.6 Å². The first-order valence-corrected chi connectivity index (χ1v) is 2.82. The van der Waals surface area contributed by atoms with E-state index in [1.165, 1.54) is 0 Å². The van der Waals surface area contributed by atoms with E-state index in [0.29, 0.717) is 17.6 Å². The molecule has 0 aliphatic rings. The number of carbonyl (C=O) groups excluding carboxylic acids is 1. The molecule has 0 spiro atoms. The van der Waals surface area contributed by atoms with Gasteiger partial charge in [0.2, 0.25) is 5.91 Å². The summed E-state index contributed by atoms with van der Waals surface area (Å²) in [6.45, 7) is 0.593. The molecule has 4 heteroatoms. The van der Waals surface area contributed by atoms with Gasteiger partial charge < -0.3 is 5.73 Å². The Morgan fingerprint density at radius 3 is 2.11 bits per heavy atom. The number of nitrogens with two attached hydrogens (primary N) is 2. The quantitative estimate of drug-likeness (QED) is 0.288. The van der Waals surface area contributed by atoms with Gasteiger partial charge in [0.05, 0.1) is 20.5 Å². The molecule has 0 aromatic carbocycles. The van der Waals surface area contributed by atoms with Crippen LogP contribution < -0.4 is 11.6 Å². The Morgan fingerprint density at radius 2 is 2.00 bits per heavy atom. The van der Waals surface area contributed by atoms with Gasteiger partial charge in [0.25, 0.3) is 0 Å². The zero-order valence-electron chi connectivity index (χ0n) is 5.92. The summed E-state index contributed by atoms with van der Waals surface area (Å²) in [6.07, 6.45) is 0.351. The molecule has 0 fully saturated rings. The van der Waals surface area contributed by atoms with E-state index in [-0.39, 0.29) is 5.91 Å². The van der Waals surface area contributed by atoms with Crippen LogP contribution in [0, 0.1) is 0 Å². The third kappa shape index (κ3) is 7.39. The minimum absolute atomic E-state index is 0.295. The van der Waals surface area contributed by atoms with Crippen LogP contribution in [0.5, 0.6) is 0 Å². The van der Waals surface area contributed by atoms with Crippen LogP contribution >= 0.6 is 0 Å². The lowest BCUT2D eigenvalue weighted by Crippen LogP contribution is -2.48. The standard InChI is InChI=1S/C5H13N3O/c1-8(2,7)4-3-5(6)9/h3-4,7H2,1-2H3,(H-,6,9)/p+1. The molecule has 4 nitrogen and oxygen atoms in total. The zero-order valence-corrected chi connectivity index (χ0v) is 5.92. The summed E-state index contributed by atoms with van der Waals surface area (Å²) in [7, 11) is 3.62. The lowest BCUT2D eigenvalue weighted by atomic mass is 10.4. The molecule has 0 radical (unpaired) electrons. The maximum Gasteiger partial charge on any atom is 0.223 e. The van der Waals surface area contributed by atoms with Gasteiger partial charge in [-0.25, -0.2) is 0 Å². The fourth-order valence-electron chi connectivity index (χ4n) is 0.398. The van der Waals surface area contributed by atoms with Crippen molar-refractivity contribution in [3.8, 4) is 0 Å². The van der Waals surface area contributed by atoms with Crippen LogP contribution in [0.1, 0.15) is 6.42 Å². The predicted molar refractivity (Wildman–Crippen MR) is 35.0 cm³/mol. The van der Waals surface area contributed by atoms with Gasteiger partial charge in [0, 0.05) is 0 Å². The third-order valence-corrected chi connectivity index (χ3v) is 0.935. The molecule has 0 aliphatic carbocycles. The lowest BCUT2D eigenvalue weighted by Gasteiger charge is -2.20. The van der Waals surface area contributed by atoms with Crippen molar-refractivity contribution in [3.05, 3.63) is 0 Å². The summed E-state index contributed by atoms with van der Waals surface area (Å²) >= 11 is 0. The van der Waals surface area contributed by atoms with Crippen molar-refractivity contribution in [2.75, 3.05) is 20.6 Å². The molecule has 0 rings (SSSR count). The van der Waals surface area contributed by atoms with Gasteiger partial charge in [0.1, 0.15) is 6.54 Å². The Kier molecular flexibility index (Phi) is 2.61. The number of carbonyl (C=O) groups is 1. The summed E-state index contributed by atoms with van der Waals surface area (Å²) in [5.41, 5.74) is 4.90. The molecule has 0 bridgehead atoms. The first-order chi connectivity index (χ1) is 3.92. The number of amides is 1. The third-order valence-electron chi connectivity index (χ3n) is 0.935. The van der Waals surface area contributed by atoms with E-state index in [1.54, 1.807) is 0 Å². The van der Waals surface area contributed by atoms with Crippen molar-refractivity contribution in [1.29, 1.82) is 0 Å². The number of hydrogen-bond acceptors (Lipinski definition) is 2. The number of nitrogens with zero attached hydrogens (tertiary/aromatic N) is 1. The second-order valence-electron chi connectivity index (χ2n) is 2.72. The van der Waals surface area contributed by atoms with Gasteiger partial charge in [0.15, 0.2) is 0 Å². The number of quaternary nitrogens is 1. The molecule has 54 valence electrons. The van der Waals surface area contributed by atoms with Crippen LogP contribution in [0.25, 0.3) is 0 Å². The van der Waals surface area contributed by atoms with E-state index in [0.717, 1.165) is 0 Å². The minimum Gasteiger partial charge on any atom is -0.369 e. The molecule has 9 heavy (non-hydrogen) atoms. The fourth-order valence-corrected chi connectivity index (χ4v) is 0.398. The lowest BCUT2D eigenvalue weighted by molar-refractivity contribution is -0.901. The molecule has 0 atom stereocenters. The van der Waals surface area contributed by atoms with Crippen molar-refractivity contribution in [1.82, 2.24) is 0 Å². The average Bonchev–Trinajstić information content (AvgIpc) is 1.59. The predicted octanol–water partition coefficient (Wildman–Crippen LogP) is -1.19. The molecular formula is C5H14N3O+. The van der Waals surface area contributed by atoms with Crippen LogP contribution in [0.3, 0.4) is 0 Å². The summed E-state index contributed by atoms with van der Waals surface area (Å²) in [5.74, 6) is 5.21. The SMILES string of the molecule is C[N+](C)(N)CCC(N)=O. The molecule has 1 amide bonds. The molecule has 0 aromatic rings. The van der Waals surface area contributed by atoms with Crippen LogP contribution in [0.15, 0.2) is 0 Å². The Balaban J connectivity index is 3.39. The van der Waals surface area contributed by atoms with Gasteiger partial charge in [-0.2, -0.15) is 5.84 Å². The van der Waals surface area contributed by atoms with Crippen molar-refractivity contribution >= 4 is 5.91 Å². The smallest absolute Gasteiger partial charge is 0.223 e. The van der Waals surface area contributed by atoms with E-state index < -0.39 is 0 Å². The Morgan fingerprint density at radius 1 is 1.56 bits per heavy atom. The topological polar surface area (TPSA) is 69.1 Å². The summed E-state index contributed by atoms with van der Waals surface area (Å²) in [5, 5.41) is 0. The number of primary amides is 1. The molecule has 0 aromatic heterocycles. The highest BCUT2D eigenvalue weighted by atomic mass is 16.1. The van der Waals surface area contributed by atoms with Crippen LogP contribution in [-0.2, 0) is 4.79 Å². The van der Waals surface area contributed by atoms with Crippen LogP contribution in [0.4, 0.5) is 0 Å². The number of rotatable bonds is 3. The summed E-state index contributed by atoms with van der Waals surface area (Å²) < 4.78 is 0.295. The zero-order chi connectivity index (χ0) is 7.49. The first kappa shape index (κ1) is 8.39.